The molecule has 8 nitrogen and oxygen atoms in total. The fraction of sp³-hybridized carbons (Fsp3) is 1.00. The molecule has 0 amide bonds. The molecule has 8 heteroatoms. The average molecular weight is 593 g/mol. The minimum atomic E-state index is -0.484. The number of hydrogen-bond donors (Lipinski definition) is 0. The van der Waals surface area contributed by atoms with Crippen LogP contribution in [0.25, 0.3) is 0 Å². The number of hydrogen-bond acceptors (Lipinski definition) is 8. The largest absolute Gasteiger partial charge is 0.379 e. The molecule has 0 radical (unpaired) electrons. The van der Waals surface area contributed by atoms with E-state index in [4.69, 9.17) is 37.9 Å². The van der Waals surface area contributed by atoms with Gasteiger partial charge in [0.2, 0.25) is 0 Å². The van der Waals surface area contributed by atoms with Crippen molar-refractivity contribution in [2.75, 3.05) is 106 Å². The first-order valence-electron chi connectivity index (χ1n) is 15.4. The van der Waals surface area contributed by atoms with Crippen LogP contribution in [-0.4, -0.2) is 106 Å². The molecule has 0 aromatic rings. The molecule has 0 N–H and O–H groups in total. The van der Waals surface area contributed by atoms with Crippen LogP contribution in [0, 0.1) is 27.1 Å². The highest BCUT2D eigenvalue weighted by atomic mass is 16.6. The van der Waals surface area contributed by atoms with Crippen LogP contribution in [0.3, 0.4) is 0 Å². The lowest BCUT2D eigenvalue weighted by Gasteiger charge is -2.33. The van der Waals surface area contributed by atoms with Crippen molar-refractivity contribution >= 4 is 0 Å². The van der Waals surface area contributed by atoms with E-state index in [9.17, 15) is 0 Å². The van der Waals surface area contributed by atoms with Crippen molar-refractivity contribution in [1.82, 2.24) is 0 Å². The van der Waals surface area contributed by atoms with Crippen molar-refractivity contribution in [2.45, 2.75) is 83.1 Å². The summed E-state index contributed by atoms with van der Waals surface area (Å²) in [5.74, 6) is 0. The van der Waals surface area contributed by atoms with Gasteiger partial charge in [-0.2, -0.15) is 0 Å². The first kappa shape index (κ1) is 40.7. The van der Waals surface area contributed by atoms with Crippen LogP contribution < -0.4 is 0 Å². The summed E-state index contributed by atoms with van der Waals surface area (Å²) in [6, 6.07) is 0. The van der Waals surface area contributed by atoms with E-state index >= 15 is 0 Å². The Balaban J connectivity index is 5.09. The molecule has 248 valence electrons. The molecule has 0 heterocycles. The second-order valence-electron chi connectivity index (χ2n) is 16.2. The zero-order valence-corrected chi connectivity index (χ0v) is 29.1. The van der Waals surface area contributed by atoms with Crippen LogP contribution in [0.2, 0.25) is 0 Å². The fourth-order valence-electron chi connectivity index (χ4n) is 3.39. The van der Waals surface area contributed by atoms with Gasteiger partial charge in [-0.3, -0.25) is 0 Å². The maximum atomic E-state index is 6.12. The molecule has 0 unspecified atom stereocenters. The van der Waals surface area contributed by atoms with Crippen molar-refractivity contribution in [2.24, 2.45) is 27.1 Å². The van der Waals surface area contributed by atoms with Crippen molar-refractivity contribution < 1.29 is 37.9 Å². The minimum absolute atomic E-state index is 0.123. The molecule has 0 fully saturated rings. The molecule has 0 aliphatic rings. The highest BCUT2D eigenvalue weighted by Gasteiger charge is 2.33. The quantitative estimate of drug-likeness (QED) is 0.121. The number of rotatable bonds is 24. The summed E-state index contributed by atoms with van der Waals surface area (Å²) < 4.78 is 47.7. The maximum absolute atomic E-state index is 6.12. The molecule has 0 spiro atoms. The lowest BCUT2D eigenvalue weighted by Crippen LogP contribution is -2.43. The van der Waals surface area contributed by atoms with E-state index < -0.39 is 5.41 Å². The molecule has 0 aromatic heterocycles. The molecule has 0 saturated carbocycles. The van der Waals surface area contributed by atoms with Crippen LogP contribution in [-0.2, 0) is 37.9 Å². The summed E-state index contributed by atoms with van der Waals surface area (Å²) in [7, 11) is 0. The van der Waals surface area contributed by atoms with Gasteiger partial charge in [0.1, 0.15) is 0 Å². The van der Waals surface area contributed by atoms with E-state index in [2.05, 4.69) is 83.1 Å². The van der Waals surface area contributed by atoms with Gasteiger partial charge in [0.25, 0.3) is 0 Å². The summed E-state index contributed by atoms with van der Waals surface area (Å²) in [4.78, 5) is 0. The van der Waals surface area contributed by atoms with Gasteiger partial charge in [0.15, 0.2) is 0 Å². The van der Waals surface area contributed by atoms with Crippen LogP contribution in [0.5, 0.6) is 0 Å². The summed E-state index contributed by atoms with van der Waals surface area (Å²) in [6.45, 7) is 34.5. The Kier molecular flexibility index (Phi) is 20.4. The van der Waals surface area contributed by atoms with Gasteiger partial charge in [0.05, 0.1) is 111 Å². The summed E-state index contributed by atoms with van der Waals surface area (Å²) >= 11 is 0. The third-order valence-corrected chi connectivity index (χ3v) is 5.26. The Morgan fingerprint density at radius 3 is 0.537 bits per heavy atom. The van der Waals surface area contributed by atoms with Gasteiger partial charge in [-0.25, -0.2) is 0 Å². The molecule has 0 aromatic carbocycles. The first-order chi connectivity index (χ1) is 18.8. The normalized spacial score (nSPS) is 13.8. The SMILES string of the molecule is CC(C)(C)COCCOCC(COCCOCC(C)(C)C)(COCCOCC(C)(C)C)COCCOCC(C)(C)C. The van der Waals surface area contributed by atoms with E-state index in [1.165, 1.54) is 0 Å². The molecular weight excluding hydrogens is 524 g/mol. The predicted octanol–water partition coefficient (Wildman–Crippen LogP) is 6.29. The second-order valence-corrected chi connectivity index (χ2v) is 16.2. The molecule has 0 aliphatic heterocycles. The minimum Gasteiger partial charge on any atom is -0.379 e. The molecular formula is C33H68O8. The van der Waals surface area contributed by atoms with Gasteiger partial charge in [-0.05, 0) is 21.7 Å². The Morgan fingerprint density at radius 1 is 0.244 bits per heavy atom. The van der Waals surface area contributed by atoms with Crippen molar-refractivity contribution in [3.8, 4) is 0 Å². The van der Waals surface area contributed by atoms with Crippen LogP contribution in [0.15, 0.2) is 0 Å². The maximum Gasteiger partial charge on any atom is 0.0700 e. The van der Waals surface area contributed by atoms with E-state index in [-0.39, 0.29) is 21.7 Å². The highest BCUT2D eigenvalue weighted by Crippen LogP contribution is 2.22. The van der Waals surface area contributed by atoms with Crippen LogP contribution in [0.1, 0.15) is 83.1 Å². The van der Waals surface area contributed by atoms with Crippen LogP contribution >= 0.6 is 0 Å². The first-order valence-corrected chi connectivity index (χ1v) is 15.4. The van der Waals surface area contributed by atoms with Gasteiger partial charge < -0.3 is 37.9 Å². The Morgan fingerprint density at radius 2 is 0.390 bits per heavy atom. The standard InChI is InChI=1S/C33H68O8/c1-29(2,3)21-34-13-17-38-25-33(26-39-18-14-35-22-30(4,5)6,27-40-19-15-36-23-31(7,8)9)28-41-20-16-37-24-32(10,11)12/h13-28H2,1-12H3. The average Bonchev–Trinajstić information content (AvgIpc) is 2.80. The Bertz CT molecular complexity index is 501. The lowest BCUT2D eigenvalue weighted by molar-refractivity contribution is -0.124. The van der Waals surface area contributed by atoms with E-state index in [1.807, 2.05) is 0 Å². The second kappa shape index (κ2) is 20.6. The highest BCUT2D eigenvalue weighted by molar-refractivity contribution is 4.80. The van der Waals surface area contributed by atoms with Gasteiger partial charge >= 0.3 is 0 Å². The summed E-state index contributed by atoms with van der Waals surface area (Å²) in [5.41, 5.74) is 0.00987. The van der Waals surface area contributed by atoms with Gasteiger partial charge in [0, 0.05) is 0 Å². The zero-order chi connectivity index (χ0) is 31.5. The third kappa shape index (κ3) is 29.5. The Labute approximate surface area is 253 Å². The molecule has 0 atom stereocenters. The number of ether oxygens (including phenoxy) is 8. The van der Waals surface area contributed by atoms with Crippen molar-refractivity contribution in [3.63, 3.8) is 0 Å². The van der Waals surface area contributed by atoms with Crippen LogP contribution in [0.4, 0.5) is 0 Å². The predicted molar refractivity (Wildman–Crippen MR) is 167 cm³/mol. The Hall–Kier alpha value is -0.320. The van der Waals surface area contributed by atoms with Gasteiger partial charge in [-0.15, -0.1) is 0 Å². The summed E-state index contributed by atoms with van der Waals surface area (Å²) in [5, 5.41) is 0. The monoisotopic (exact) mass is 592 g/mol. The topological polar surface area (TPSA) is 73.8 Å². The molecule has 0 bridgehead atoms. The molecule has 41 heavy (non-hydrogen) atoms. The smallest absolute Gasteiger partial charge is 0.0700 e. The zero-order valence-electron chi connectivity index (χ0n) is 29.1. The van der Waals surface area contributed by atoms with E-state index in [0.29, 0.717) is 106 Å². The molecule has 0 rings (SSSR count). The van der Waals surface area contributed by atoms with Crippen molar-refractivity contribution in [1.29, 1.82) is 0 Å². The molecule has 0 saturated heterocycles. The van der Waals surface area contributed by atoms with E-state index in [1.54, 1.807) is 0 Å². The third-order valence-electron chi connectivity index (χ3n) is 5.26. The van der Waals surface area contributed by atoms with Crippen molar-refractivity contribution in [3.05, 3.63) is 0 Å². The lowest BCUT2D eigenvalue weighted by atomic mass is 9.92. The molecule has 0 aliphatic carbocycles. The summed E-state index contributed by atoms with van der Waals surface area (Å²) in [6.07, 6.45) is 0. The fourth-order valence-corrected chi connectivity index (χ4v) is 3.39. The van der Waals surface area contributed by atoms with E-state index in [0.717, 1.165) is 0 Å². The van der Waals surface area contributed by atoms with Gasteiger partial charge in [-0.1, -0.05) is 83.1 Å².